The molecule has 19 heavy (non-hydrogen) atoms. The number of benzene rings is 1. The number of rotatable bonds is 3. The number of anilines is 2. The molecule has 96 valence electrons. The van der Waals surface area contributed by atoms with Crippen LogP contribution < -0.4 is 5.32 Å². The molecule has 0 saturated carbocycles. The topological polar surface area (TPSA) is 75.9 Å². The number of para-hydroxylation sites is 1. The van der Waals surface area contributed by atoms with Crippen molar-refractivity contribution in [3.05, 3.63) is 42.4 Å². The quantitative estimate of drug-likeness (QED) is 0.743. The van der Waals surface area contributed by atoms with Crippen molar-refractivity contribution in [3.8, 4) is 0 Å². The fourth-order valence-corrected chi connectivity index (χ4v) is 1.97. The lowest BCUT2D eigenvalue weighted by Crippen LogP contribution is -1.99. The summed E-state index contributed by atoms with van der Waals surface area (Å²) in [6.45, 7) is -0.0234. The lowest BCUT2D eigenvalue weighted by molar-refractivity contribution is 0.282. The Morgan fingerprint density at radius 2 is 2.11 bits per heavy atom. The molecular weight excluding hydrogens is 242 g/mol. The van der Waals surface area contributed by atoms with Gasteiger partial charge in [-0.1, -0.05) is 18.2 Å². The first kappa shape index (κ1) is 11.6. The van der Waals surface area contributed by atoms with Gasteiger partial charge in [-0.05, 0) is 6.07 Å². The summed E-state index contributed by atoms with van der Waals surface area (Å²) >= 11 is 0. The molecule has 0 bridgehead atoms. The predicted molar refractivity (Wildman–Crippen MR) is 72.0 cm³/mol. The van der Waals surface area contributed by atoms with Crippen LogP contribution in [-0.4, -0.2) is 24.9 Å². The van der Waals surface area contributed by atoms with Crippen LogP contribution in [0.4, 0.5) is 11.5 Å². The molecule has 0 fully saturated rings. The summed E-state index contributed by atoms with van der Waals surface area (Å²) in [5.41, 5.74) is 2.41. The third kappa shape index (κ3) is 2.02. The van der Waals surface area contributed by atoms with Gasteiger partial charge in [-0.25, -0.2) is 9.97 Å². The van der Waals surface area contributed by atoms with E-state index in [9.17, 15) is 5.11 Å². The minimum atomic E-state index is -0.0234. The van der Waals surface area contributed by atoms with Crippen LogP contribution in [0.5, 0.6) is 0 Å². The zero-order chi connectivity index (χ0) is 13.2. The van der Waals surface area contributed by atoms with Crippen LogP contribution in [0.2, 0.25) is 0 Å². The maximum absolute atomic E-state index is 9.32. The van der Waals surface area contributed by atoms with E-state index >= 15 is 0 Å². The molecule has 0 aliphatic carbocycles. The first-order valence-corrected chi connectivity index (χ1v) is 5.88. The van der Waals surface area contributed by atoms with E-state index in [-0.39, 0.29) is 6.61 Å². The van der Waals surface area contributed by atoms with E-state index in [1.807, 2.05) is 31.3 Å². The van der Waals surface area contributed by atoms with Gasteiger partial charge in [-0.3, -0.25) is 4.68 Å². The summed E-state index contributed by atoms with van der Waals surface area (Å²) in [4.78, 5) is 8.42. The predicted octanol–water partition coefficient (Wildman–Crippen LogP) is 1.60. The molecule has 3 rings (SSSR count). The second-order valence-electron chi connectivity index (χ2n) is 4.17. The lowest BCUT2D eigenvalue weighted by atomic mass is 10.2. The molecule has 0 aliphatic heterocycles. The fraction of sp³-hybridized carbons (Fsp3) is 0.154. The first-order valence-electron chi connectivity index (χ1n) is 5.88. The smallest absolute Gasteiger partial charge is 0.163 e. The number of fused-ring (bicyclic) bond motifs is 1. The van der Waals surface area contributed by atoms with Crippen LogP contribution in [0.3, 0.4) is 0 Å². The third-order valence-corrected chi connectivity index (χ3v) is 2.97. The normalized spacial score (nSPS) is 10.8. The Morgan fingerprint density at radius 1 is 1.26 bits per heavy atom. The number of aliphatic hydroxyl groups is 1. The number of nitrogens with one attached hydrogen (secondary N) is 1. The second kappa shape index (κ2) is 4.66. The average Bonchev–Trinajstić information content (AvgIpc) is 2.82. The molecule has 6 nitrogen and oxygen atoms in total. The van der Waals surface area contributed by atoms with Crippen LogP contribution in [0, 0.1) is 0 Å². The van der Waals surface area contributed by atoms with E-state index in [0.717, 1.165) is 22.3 Å². The lowest BCUT2D eigenvalue weighted by Gasteiger charge is -2.09. The summed E-state index contributed by atoms with van der Waals surface area (Å²) < 4.78 is 1.69. The van der Waals surface area contributed by atoms with Crippen LogP contribution in [0.1, 0.15) is 5.56 Å². The van der Waals surface area contributed by atoms with E-state index in [1.165, 1.54) is 6.33 Å². The number of aromatic nitrogens is 4. The standard InChI is InChI=1S/C13H13N5O/c1-18-13-10(6-16-18)12(14-8-15-13)17-11-5-3-2-4-9(11)7-19/h2-6,8,19H,7H2,1H3,(H,14,15,17). The van der Waals surface area contributed by atoms with Crippen molar-refractivity contribution < 1.29 is 5.11 Å². The Balaban J connectivity index is 2.06. The number of aryl methyl sites for hydroxylation is 1. The summed E-state index contributed by atoms with van der Waals surface area (Å²) in [5, 5.41) is 17.6. The van der Waals surface area contributed by atoms with Crippen molar-refractivity contribution in [1.29, 1.82) is 0 Å². The highest BCUT2D eigenvalue weighted by atomic mass is 16.3. The molecule has 0 aliphatic rings. The van der Waals surface area contributed by atoms with Gasteiger partial charge in [-0.15, -0.1) is 0 Å². The molecule has 0 saturated heterocycles. The van der Waals surface area contributed by atoms with E-state index in [2.05, 4.69) is 20.4 Å². The zero-order valence-electron chi connectivity index (χ0n) is 10.4. The second-order valence-corrected chi connectivity index (χ2v) is 4.17. The maximum atomic E-state index is 9.32. The van der Waals surface area contributed by atoms with E-state index in [4.69, 9.17) is 0 Å². The van der Waals surface area contributed by atoms with Gasteiger partial charge in [0.1, 0.15) is 12.1 Å². The molecule has 0 atom stereocenters. The van der Waals surface area contributed by atoms with Crippen molar-refractivity contribution >= 4 is 22.5 Å². The maximum Gasteiger partial charge on any atom is 0.163 e. The molecule has 0 amide bonds. The Morgan fingerprint density at radius 3 is 2.95 bits per heavy atom. The van der Waals surface area contributed by atoms with E-state index < -0.39 is 0 Å². The largest absolute Gasteiger partial charge is 0.392 e. The van der Waals surface area contributed by atoms with Gasteiger partial charge in [0.25, 0.3) is 0 Å². The summed E-state index contributed by atoms with van der Waals surface area (Å²) in [6.07, 6.45) is 3.22. The average molecular weight is 255 g/mol. The zero-order valence-corrected chi connectivity index (χ0v) is 10.4. The van der Waals surface area contributed by atoms with E-state index in [1.54, 1.807) is 10.9 Å². The molecule has 2 N–H and O–H groups in total. The molecule has 2 aromatic heterocycles. The van der Waals surface area contributed by atoms with Gasteiger partial charge >= 0.3 is 0 Å². The van der Waals surface area contributed by atoms with Crippen molar-refractivity contribution in [1.82, 2.24) is 19.7 Å². The van der Waals surface area contributed by atoms with Crippen molar-refractivity contribution in [2.24, 2.45) is 7.05 Å². The van der Waals surface area contributed by atoms with Crippen molar-refractivity contribution in [3.63, 3.8) is 0 Å². The van der Waals surface area contributed by atoms with Crippen LogP contribution in [-0.2, 0) is 13.7 Å². The Bertz CT molecular complexity index is 722. The molecule has 6 heteroatoms. The van der Waals surface area contributed by atoms with Gasteiger partial charge in [0.15, 0.2) is 5.65 Å². The molecule has 0 unspecified atom stereocenters. The molecule has 0 radical (unpaired) electrons. The molecular formula is C13H13N5O. The highest BCUT2D eigenvalue weighted by Gasteiger charge is 2.09. The number of aliphatic hydroxyl groups excluding tert-OH is 1. The van der Waals surface area contributed by atoms with Crippen LogP contribution in [0.15, 0.2) is 36.8 Å². The fourth-order valence-electron chi connectivity index (χ4n) is 1.97. The SMILES string of the molecule is Cn1ncc2c(Nc3ccccc3CO)ncnc21. The molecule has 0 spiro atoms. The Labute approximate surface area is 109 Å². The Kier molecular flexibility index (Phi) is 2.85. The van der Waals surface area contributed by atoms with Crippen LogP contribution >= 0.6 is 0 Å². The molecule has 2 heterocycles. The first-order chi connectivity index (χ1) is 9.29. The van der Waals surface area contributed by atoms with Crippen molar-refractivity contribution in [2.45, 2.75) is 6.61 Å². The number of hydrogen-bond donors (Lipinski definition) is 2. The highest BCUT2D eigenvalue weighted by Crippen LogP contribution is 2.24. The van der Waals surface area contributed by atoms with Gasteiger partial charge in [0.2, 0.25) is 0 Å². The monoisotopic (exact) mass is 255 g/mol. The van der Waals surface area contributed by atoms with Gasteiger partial charge < -0.3 is 10.4 Å². The van der Waals surface area contributed by atoms with E-state index in [0.29, 0.717) is 5.82 Å². The number of hydrogen-bond acceptors (Lipinski definition) is 5. The van der Waals surface area contributed by atoms with Gasteiger partial charge in [0.05, 0.1) is 18.2 Å². The Hall–Kier alpha value is -2.47. The number of nitrogens with zero attached hydrogens (tertiary/aromatic N) is 4. The van der Waals surface area contributed by atoms with Crippen molar-refractivity contribution in [2.75, 3.05) is 5.32 Å². The summed E-state index contributed by atoms with van der Waals surface area (Å²) in [5.74, 6) is 0.680. The highest BCUT2D eigenvalue weighted by molar-refractivity contribution is 5.88. The van der Waals surface area contributed by atoms with Crippen LogP contribution in [0.25, 0.3) is 11.0 Å². The molecule has 1 aromatic carbocycles. The van der Waals surface area contributed by atoms with Gasteiger partial charge in [0, 0.05) is 18.3 Å². The minimum absolute atomic E-state index is 0.0234. The minimum Gasteiger partial charge on any atom is -0.392 e. The molecule has 3 aromatic rings. The van der Waals surface area contributed by atoms with Gasteiger partial charge in [-0.2, -0.15) is 5.10 Å². The third-order valence-electron chi connectivity index (χ3n) is 2.97. The summed E-state index contributed by atoms with van der Waals surface area (Å²) in [6, 6.07) is 7.55. The summed E-state index contributed by atoms with van der Waals surface area (Å²) in [7, 11) is 1.83.